The van der Waals surface area contributed by atoms with Crippen LogP contribution in [0.5, 0.6) is 0 Å². The average Bonchev–Trinajstić information content (AvgIpc) is 1.96. The summed E-state index contributed by atoms with van der Waals surface area (Å²) < 4.78 is 25.3. The molecular formula is C9H11F2N. The van der Waals surface area contributed by atoms with E-state index in [4.69, 9.17) is 5.73 Å². The molecule has 66 valence electrons. The molecule has 0 spiro atoms. The Morgan fingerprint density at radius 1 is 1.67 bits per heavy atom. The van der Waals surface area contributed by atoms with Gasteiger partial charge in [0.15, 0.2) is 5.83 Å². The molecule has 1 unspecified atom stereocenters. The Bertz CT molecular complexity index is 276. The Labute approximate surface area is 70.3 Å². The third-order valence-electron chi connectivity index (χ3n) is 1.93. The summed E-state index contributed by atoms with van der Waals surface area (Å²) in [5.74, 6) is -1.61. The molecule has 1 aliphatic rings. The molecule has 1 nitrogen and oxygen atoms in total. The molecule has 0 aromatic rings. The predicted octanol–water partition coefficient (Wildman–Crippen LogP) is 2.58. The number of hydrogen-bond acceptors (Lipinski definition) is 1. The molecule has 1 rings (SSSR count). The van der Waals surface area contributed by atoms with E-state index in [2.05, 4.69) is 6.58 Å². The number of allylic oxidation sites excluding steroid dienone is 4. The largest absolute Gasteiger partial charge is 0.399 e. The van der Waals surface area contributed by atoms with E-state index >= 15 is 0 Å². The predicted molar refractivity (Wildman–Crippen MR) is 44.4 cm³/mol. The first-order valence-corrected chi connectivity index (χ1v) is 3.73. The van der Waals surface area contributed by atoms with E-state index in [9.17, 15) is 8.78 Å². The standard InChI is InChI=1S/C9H11F2N/c1-5-3-8(10)9(11)4-7(5)6(2)12/h4-5H,2-3,12H2,1H3. The summed E-state index contributed by atoms with van der Waals surface area (Å²) in [6.07, 6.45) is 1.19. The van der Waals surface area contributed by atoms with Gasteiger partial charge in [0, 0.05) is 12.1 Å². The fraction of sp³-hybridized carbons (Fsp3) is 0.333. The highest BCUT2D eigenvalue weighted by atomic mass is 19.2. The van der Waals surface area contributed by atoms with Gasteiger partial charge < -0.3 is 5.73 Å². The molecule has 0 amide bonds. The second-order valence-corrected chi connectivity index (χ2v) is 2.98. The van der Waals surface area contributed by atoms with Crippen LogP contribution < -0.4 is 5.73 Å². The number of nitrogens with two attached hydrogens (primary N) is 1. The molecule has 0 aromatic carbocycles. The summed E-state index contributed by atoms with van der Waals surface area (Å²) in [4.78, 5) is 0. The van der Waals surface area contributed by atoms with Gasteiger partial charge in [0.25, 0.3) is 0 Å². The van der Waals surface area contributed by atoms with Crippen molar-refractivity contribution in [3.05, 3.63) is 35.6 Å². The topological polar surface area (TPSA) is 26.0 Å². The maximum absolute atomic E-state index is 12.7. The van der Waals surface area contributed by atoms with Crippen LogP contribution in [0.1, 0.15) is 13.3 Å². The first kappa shape index (κ1) is 8.97. The molecule has 0 bridgehead atoms. The zero-order chi connectivity index (χ0) is 9.30. The minimum Gasteiger partial charge on any atom is -0.399 e. The Hall–Kier alpha value is -1.12. The molecule has 1 aliphatic carbocycles. The lowest BCUT2D eigenvalue weighted by Gasteiger charge is -2.18. The molecule has 0 aliphatic heterocycles. The van der Waals surface area contributed by atoms with Crippen molar-refractivity contribution >= 4 is 0 Å². The van der Waals surface area contributed by atoms with Crippen LogP contribution >= 0.6 is 0 Å². The summed E-state index contributed by atoms with van der Waals surface area (Å²) >= 11 is 0. The Morgan fingerprint density at radius 3 is 2.75 bits per heavy atom. The van der Waals surface area contributed by atoms with Crippen LogP contribution in [-0.2, 0) is 0 Å². The monoisotopic (exact) mass is 171 g/mol. The average molecular weight is 171 g/mol. The van der Waals surface area contributed by atoms with Gasteiger partial charge >= 0.3 is 0 Å². The van der Waals surface area contributed by atoms with Crippen molar-refractivity contribution in [3.63, 3.8) is 0 Å². The maximum atomic E-state index is 12.7. The minimum absolute atomic E-state index is 0.0773. The van der Waals surface area contributed by atoms with Crippen molar-refractivity contribution in [3.8, 4) is 0 Å². The van der Waals surface area contributed by atoms with E-state index in [-0.39, 0.29) is 12.3 Å². The summed E-state index contributed by atoms with van der Waals surface area (Å²) in [5.41, 5.74) is 6.29. The molecule has 1 atom stereocenters. The van der Waals surface area contributed by atoms with Crippen molar-refractivity contribution < 1.29 is 8.78 Å². The van der Waals surface area contributed by atoms with E-state index in [0.29, 0.717) is 11.3 Å². The van der Waals surface area contributed by atoms with Crippen LogP contribution in [0.25, 0.3) is 0 Å². The van der Waals surface area contributed by atoms with Crippen LogP contribution in [0.4, 0.5) is 8.78 Å². The van der Waals surface area contributed by atoms with E-state index < -0.39 is 11.7 Å². The summed E-state index contributed by atoms with van der Waals surface area (Å²) in [5, 5.41) is 0. The van der Waals surface area contributed by atoms with Crippen molar-refractivity contribution in [1.82, 2.24) is 0 Å². The second kappa shape index (κ2) is 3.09. The Balaban J connectivity index is 3.01. The zero-order valence-electron chi connectivity index (χ0n) is 6.90. The van der Waals surface area contributed by atoms with Crippen LogP contribution in [0, 0.1) is 5.92 Å². The lowest BCUT2D eigenvalue weighted by atomic mass is 9.90. The first-order chi connectivity index (χ1) is 5.52. The van der Waals surface area contributed by atoms with Crippen molar-refractivity contribution in [1.29, 1.82) is 0 Å². The molecule has 0 heterocycles. The van der Waals surface area contributed by atoms with Gasteiger partial charge in [0.2, 0.25) is 0 Å². The molecule has 0 aromatic heterocycles. The number of halogens is 2. The number of hydrogen-bond donors (Lipinski definition) is 1. The molecule has 3 heteroatoms. The van der Waals surface area contributed by atoms with Crippen LogP contribution in [-0.4, -0.2) is 0 Å². The maximum Gasteiger partial charge on any atom is 0.154 e. The fourth-order valence-corrected chi connectivity index (χ4v) is 1.24. The molecule has 2 N–H and O–H groups in total. The normalized spacial score (nSPS) is 23.9. The van der Waals surface area contributed by atoms with Gasteiger partial charge in [-0.1, -0.05) is 13.5 Å². The molecule has 0 saturated heterocycles. The van der Waals surface area contributed by atoms with Gasteiger partial charge in [-0.05, 0) is 17.6 Å². The highest BCUT2D eigenvalue weighted by Gasteiger charge is 2.20. The molecule has 0 fully saturated rings. The smallest absolute Gasteiger partial charge is 0.154 e. The van der Waals surface area contributed by atoms with Gasteiger partial charge in [-0.3, -0.25) is 0 Å². The van der Waals surface area contributed by atoms with Gasteiger partial charge in [0.1, 0.15) is 5.83 Å². The van der Waals surface area contributed by atoms with E-state index in [1.165, 1.54) is 0 Å². The summed E-state index contributed by atoms with van der Waals surface area (Å²) in [7, 11) is 0. The molecule has 0 saturated carbocycles. The SMILES string of the molecule is C=C(N)C1=CC(F)=C(F)CC1C. The minimum atomic E-state index is -0.824. The first-order valence-electron chi connectivity index (χ1n) is 3.73. The summed E-state index contributed by atoms with van der Waals surface area (Å²) in [6.45, 7) is 5.27. The molecular weight excluding hydrogens is 160 g/mol. The van der Waals surface area contributed by atoms with Crippen molar-refractivity contribution in [2.75, 3.05) is 0 Å². The highest BCUT2D eigenvalue weighted by molar-refractivity contribution is 5.38. The van der Waals surface area contributed by atoms with Crippen molar-refractivity contribution in [2.24, 2.45) is 11.7 Å². The van der Waals surface area contributed by atoms with Gasteiger partial charge in [-0.15, -0.1) is 0 Å². The van der Waals surface area contributed by atoms with Gasteiger partial charge in [-0.2, -0.15) is 0 Å². The summed E-state index contributed by atoms with van der Waals surface area (Å²) in [6, 6.07) is 0. The fourth-order valence-electron chi connectivity index (χ4n) is 1.24. The molecule has 12 heavy (non-hydrogen) atoms. The van der Waals surface area contributed by atoms with E-state index in [1.807, 2.05) is 0 Å². The van der Waals surface area contributed by atoms with E-state index in [1.54, 1.807) is 6.92 Å². The number of rotatable bonds is 1. The Morgan fingerprint density at radius 2 is 2.25 bits per heavy atom. The van der Waals surface area contributed by atoms with Crippen LogP contribution in [0.2, 0.25) is 0 Å². The molecule has 0 radical (unpaired) electrons. The quantitative estimate of drug-likeness (QED) is 0.644. The second-order valence-electron chi connectivity index (χ2n) is 2.98. The van der Waals surface area contributed by atoms with Gasteiger partial charge in [-0.25, -0.2) is 8.78 Å². The van der Waals surface area contributed by atoms with Gasteiger partial charge in [0.05, 0.1) is 0 Å². The lowest BCUT2D eigenvalue weighted by molar-refractivity contribution is 0.471. The lowest BCUT2D eigenvalue weighted by Crippen LogP contribution is -2.11. The Kier molecular flexibility index (Phi) is 2.31. The van der Waals surface area contributed by atoms with E-state index in [0.717, 1.165) is 6.08 Å². The van der Waals surface area contributed by atoms with Crippen LogP contribution in [0.3, 0.4) is 0 Å². The van der Waals surface area contributed by atoms with Crippen molar-refractivity contribution in [2.45, 2.75) is 13.3 Å². The zero-order valence-corrected chi connectivity index (χ0v) is 6.90. The third kappa shape index (κ3) is 1.55. The van der Waals surface area contributed by atoms with Crippen LogP contribution in [0.15, 0.2) is 35.6 Å². The highest BCUT2D eigenvalue weighted by Crippen LogP contribution is 2.32. The third-order valence-corrected chi connectivity index (χ3v) is 1.93.